The highest BCUT2D eigenvalue weighted by Gasteiger charge is 2.27. The van der Waals surface area contributed by atoms with Gasteiger partial charge >= 0.3 is 0 Å². The van der Waals surface area contributed by atoms with Crippen molar-refractivity contribution in [1.29, 1.82) is 0 Å². The first kappa shape index (κ1) is 18.4. The Labute approximate surface area is 162 Å². The lowest BCUT2D eigenvalue weighted by atomic mass is 9.96. The van der Waals surface area contributed by atoms with E-state index in [0.717, 1.165) is 42.7 Å². The molecule has 2 fully saturated rings. The number of likely N-dealkylation sites (tertiary alicyclic amines) is 1. The summed E-state index contributed by atoms with van der Waals surface area (Å²) < 4.78 is 2.26. The van der Waals surface area contributed by atoms with Crippen molar-refractivity contribution in [2.24, 2.45) is 7.05 Å². The predicted molar refractivity (Wildman–Crippen MR) is 108 cm³/mol. The van der Waals surface area contributed by atoms with Gasteiger partial charge in [-0.1, -0.05) is 6.42 Å². The van der Waals surface area contributed by atoms with Crippen LogP contribution < -0.4 is 4.90 Å². The molecule has 0 saturated carbocycles. The van der Waals surface area contributed by atoms with Gasteiger partial charge in [0.2, 0.25) is 0 Å². The van der Waals surface area contributed by atoms with E-state index in [0.29, 0.717) is 5.92 Å². The highest BCUT2D eigenvalue weighted by molar-refractivity contribution is 5.49. The van der Waals surface area contributed by atoms with Crippen LogP contribution in [0.2, 0.25) is 0 Å². The van der Waals surface area contributed by atoms with Crippen molar-refractivity contribution in [2.75, 3.05) is 31.1 Å². The van der Waals surface area contributed by atoms with E-state index in [4.69, 9.17) is 0 Å². The van der Waals surface area contributed by atoms with E-state index in [2.05, 4.69) is 62.6 Å². The molecule has 0 N–H and O–H groups in total. The summed E-state index contributed by atoms with van der Waals surface area (Å²) in [5, 5.41) is 9.17. The lowest BCUT2D eigenvalue weighted by molar-refractivity contribution is 0.213. The molecule has 2 saturated heterocycles. The van der Waals surface area contributed by atoms with Gasteiger partial charge in [0.25, 0.3) is 0 Å². The molecule has 6 nitrogen and oxygen atoms in total. The second kappa shape index (κ2) is 7.97. The van der Waals surface area contributed by atoms with E-state index < -0.39 is 0 Å². The van der Waals surface area contributed by atoms with Crippen LogP contribution in [-0.2, 0) is 13.6 Å². The number of anilines is 1. The van der Waals surface area contributed by atoms with Crippen molar-refractivity contribution in [2.45, 2.75) is 58.4 Å². The molecular weight excluding hydrogens is 336 g/mol. The summed E-state index contributed by atoms with van der Waals surface area (Å²) in [7, 11) is 2.15. The number of pyridine rings is 1. The Morgan fingerprint density at radius 2 is 1.70 bits per heavy atom. The van der Waals surface area contributed by atoms with Crippen LogP contribution in [-0.4, -0.2) is 50.8 Å². The van der Waals surface area contributed by atoms with E-state index in [1.807, 2.05) is 0 Å². The summed E-state index contributed by atoms with van der Waals surface area (Å²) in [6, 6.07) is 4.40. The van der Waals surface area contributed by atoms with Crippen LogP contribution >= 0.6 is 0 Å². The molecule has 2 aliphatic heterocycles. The van der Waals surface area contributed by atoms with Crippen molar-refractivity contribution in [3.63, 3.8) is 0 Å². The van der Waals surface area contributed by atoms with Gasteiger partial charge in [-0.05, 0) is 64.8 Å². The molecule has 2 aromatic heterocycles. The number of piperidine rings is 2. The summed E-state index contributed by atoms with van der Waals surface area (Å²) in [6.07, 6.45) is 6.38. The fourth-order valence-electron chi connectivity index (χ4n) is 4.60. The number of hydrogen-bond acceptors (Lipinski definition) is 5. The first-order valence-corrected chi connectivity index (χ1v) is 10.4. The lowest BCUT2D eigenvalue weighted by Gasteiger charge is -2.34. The third kappa shape index (κ3) is 4.15. The molecule has 0 spiro atoms. The Kier molecular flexibility index (Phi) is 5.43. The molecule has 2 aliphatic rings. The largest absolute Gasteiger partial charge is 0.371 e. The average molecular weight is 369 g/mol. The van der Waals surface area contributed by atoms with Crippen LogP contribution in [0.5, 0.6) is 0 Å². The third-order valence-electron chi connectivity index (χ3n) is 6.03. The molecule has 0 aliphatic carbocycles. The molecule has 1 atom stereocenters. The van der Waals surface area contributed by atoms with E-state index in [1.165, 1.54) is 50.9 Å². The standard InChI is InChI=1S/C21H32N6/c1-16-12-19(13-17(2)22-16)27-11-7-8-18(14-27)21-24-23-20(25(21)3)15-26-9-5-4-6-10-26/h12-13,18H,4-11,14-15H2,1-3H3/t18-/m0/s1. The Balaban J connectivity index is 1.48. The van der Waals surface area contributed by atoms with Gasteiger partial charge in [-0.2, -0.15) is 0 Å². The summed E-state index contributed by atoms with van der Waals surface area (Å²) in [5.41, 5.74) is 3.48. The SMILES string of the molecule is Cc1cc(N2CCC[C@H](c3nnc(CN4CCCCC4)n3C)C2)cc(C)n1. The van der Waals surface area contributed by atoms with Crippen LogP contribution in [0.1, 0.15) is 61.1 Å². The van der Waals surface area contributed by atoms with Gasteiger partial charge < -0.3 is 9.47 Å². The Bertz CT molecular complexity index is 757. The minimum Gasteiger partial charge on any atom is -0.371 e. The van der Waals surface area contributed by atoms with Crippen molar-refractivity contribution < 1.29 is 0 Å². The van der Waals surface area contributed by atoms with Crippen molar-refractivity contribution in [1.82, 2.24) is 24.6 Å². The van der Waals surface area contributed by atoms with Gasteiger partial charge in [-0.15, -0.1) is 10.2 Å². The zero-order valence-corrected chi connectivity index (χ0v) is 17.0. The molecule has 0 bridgehead atoms. The van der Waals surface area contributed by atoms with Gasteiger partial charge in [-0.25, -0.2) is 0 Å². The molecule has 0 amide bonds. The molecule has 27 heavy (non-hydrogen) atoms. The zero-order valence-electron chi connectivity index (χ0n) is 17.0. The molecule has 0 unspecified atom stereocenters. The molecule has 146 valence electrons. The molecule has 4 heterocycles. The smallest absolute Gasteiger partial charge is 0.146 e. The summed E-state index contributed by atoms with van der Waals surface area (Å²) in [4.78, 5) is 9.54. The van der Waals surface area contributed by atoms with E-state index in [1.54, 1.807) is 0 Å². The molecule has 0 aromatic carbocycles. The fraction of sp³-hybridized carbons (Fsp3) is 0.667. The Morgan fingerprint density at radius 1 is 0.963 bits per heavy atom. The van der Waals surface area contributed by atoms with Crippen LogP contribution in [0.25, 0.3) is 0 Å². The molecule has 0 radical (unpaired) electrons. The van der Waals surface area contributed by atoms with E-state index in [-0.39, 0.29) is 0 Å². The number of rotatable bonds is 4. The quantitative estimate of drug-likeness (QED) is 0.829. The second-order valence-electron chi connectivity index (χ2n) is 8.26. The van der Waals surface area contributed by atoms with Gasteiger partial charge in [0.05, 0.1) is 6.54 Å². The maximum Gasteiger partial charge on any atom is 0.146 e. The number of aromatic nitrogens is 4. The van der Waals surface area contributed by atoms with Gasteiger partial charge in [-0.3, -0.25) is 9.88 Å². The van der Waals surface area contributed by atoms with Gasteiger partial charge in [0.1, 0.15) is 11.6 Å². The fourth-order valence-corrected chi connectivity index (χ4v) is 4.60. The third-order valence-corrected chi connectivity index (χ3v) is 6.03. The summed E-state index contributed by atoms with van der Waals surface area (Å²) in [6.45, 7) is 9.60. The normalized spacial score (nSPS) is 21.6. The number of nitrogens with zero attached hydrogens (tertiary/aromatic N) is 6. The van der Waals surface area contributed by atoms with E-state index >= 15 is 0 Å². The monoisotopic (exact) mass is 368 g/mol. The molecule has 2 aromatic rings. The van der Waals surface area contributed by atoms with Gasteiger partial charge in [0, 0.05) is 43.1 Å². The number of hydrogen-bond donors (Lipinski definition) is 0. The maximum atomic E-state index is 4.62. The Morgan fingerprint density at radius 3 is 2.44 bits per heavy atom. The lowest BCUT2D eigenvalue weighted by Crippen LogP contribution is -2.35. The average Bonchev–Trinajstić information content (AvgIpc) is 3.02. The first-order valence-electron chi connectivity index (χ1n) is 10.4. The maximum absolute atomic E-state index is 4.62. The highest BCUT2D eigenvalue weighted by Crippen LogP contribution is 2.30. The molecular formula is C21H32N6. The van der Waals surface area contributed by atoms with Crippen LogP contribution in [0, 0.1) is 13.8 Å². The van der Waals surface area contributed by atoms with E-state index in [9.17, 15) is 0 Å². The van der Waals surface area contributed by atoms with Crippen LogP contribution in [0.3, 0.4) is 0 Å². The second-order valence-corrected chi connectivity index (χ2v) is 8.26. The Hall–Kier alpha value is -1.95. The van der Waals surface area contributed by atoms with Crippen molar-refractivity contribution >= 4 is 5.69 Å². The zero-order chi connectivity index (χ0) is 18.8. The summed E-state index contributed by atoms with van der Waals surface area (Å²) in [5.74, 6) is 2.70. The molecule has 4 rings (SSSR count). The highest BCUT2D eigenvalue weighted by atomic mass is 15.3. The minimum absolute atomic E-state index is 0.445. The summed E-state index contributed by atoms with van der Waals surface area (Å²) >= 11 is 0. The van der Waals surface area contributed by atoms with Crippen LogP contribution in [0.15, 0.2) is 12.1 Å². The van der Waals surface area contributed by atoms with Crippen molar-refractivity contribution in [3.05, 3.63) is 35.2 Å². The van der Waals surface area contributed by atoms with Gasteiger partial charge in [0.15, 0.2) is 0 Å². The predicted octanol–water partition coefficient (Wildman–Crippen LogP) is 3.20. The number of aryl methyl sites for hydroxylation is 2. The molecule has 6 heteroatoms. The van der Waals surface area contributed by atoms with Crippen LogP contribution in [0.4, 0.5) is 5.69 Å². The first-order chi connectivity index (χ1) is 13.1. The van der Waals surface area contributed by atoms with Crippen molar-refractivity contribution in [3.8, 4) is 0 Å². The topological polar surface area (TPSA) is 50.1 Å². The minimum atomic E-state index is 0.445.